The van der Waals surface area contributed by atoms with Gasteiger partial charge in [-0.1, -0.05) is 0 Å². The molecule has 0 amide bonds. The Bertz CT molecular complexity index is 200. The summed E-state index contributed by atoms with van der Waals surface area (Å²) in [5.74, 6) is 0.883. The third kappa shape index (κ3) is 3.74. The molecule has 15 heavy (non-hydrogen) atoms. The van der Waals surface area contributed by atoms with Crippen LogP contribution in [0.3, 0.4) is 0 Å². The van der Waals surface area contributed by atoms with E-state index >= 15 is 0 Å². The van der Waals surface area contributed by atoms with E-state index in [2.05, 4.69) is 11.9 Å². The third-order valence-corrected chi connectivity index (χ3v) is 3.66. The summed E-state index contributed by atoms with van der Waals surface area (Å²) < 4.78 is 5.62. The van der Waals surface area contributed by atoms with Crippen molar-refractivity contribution in [1.82, 2.24) is 4.90 Å². The highest BCUT2D eigenvalue weighted by Gasteiger charge is 2.41. The molecule has 88 valence electrons. The fourth-order valence-electron chi connectivity index (χ4n) is 2.01. The monoisotopic (exact) mass is 212 g/mol. The molecule has 3 heteroatoms. The molecule has 0 bridgehead atoms. The number of ether oxygens (including phenoxy) is 1. The van der Waals surface area contributed by atoms with Crippen molar-refractivity contribution in [1.29, 1.82) is 0 Å². The smallest absolute Gasteiger partial charge is 0.0593 e. The summed E-state index contributed by atoms with van der Waals surface area (Å²) in [4.78, 5) is 2.37. The number of nitrogens with zero attached hydrogens (tertiary/aromatic N) is 1. The fraction of sp³-hybridized carbons (Fsp3) is 1.00. The minimum atomic E-state index is 0.464. The molecule has 0 spiro atoms. The van der Waals surface area contributed by atoms with E-state index in [0.29, 0.717) is 5.41 Å². The van der Waals surface area contributed by atoms with Crippen molar-refractivity contribution in [2.75, 3.05) is 39.9 Å². The molecule has 0 aromatic heterocycles. The average molecular weight is 212 g/mol. The van der Waals surface area contributed by atoms with Gasteiger partial charge in [0.15, 0.2) is 0 Å². The van der Waals surface area contributed by atoms with Crippen LogP contribution in [0.4, 0.5) is 0 Å². The number of hydrogen-bond donors (Lipinski definition) is 1. The summed E-state index contributed by atoms with van der Waals surface area (Å²) in [7, 11) is 2.18. The molecule has 2 fully saturated rings. The van der Waals surface area contributed by atoms with Gasteiger partial charge in [0.05, 0.1) is 6.61 Å². The molecule has 0 radical (unpaired) electrons. The van der Waals surface area contributed by atoms with Gasteiger partial charge in [0.25, 0.3) is 0 Å². The number of likely N-dealkylation sites (N-methyl/N-ethyl adjacent to an activating group) is 1. The maximum atomic E-state index is 5.76. The molecular formula is C12H24N2O. The minimum Gasteiger partial charge on any atom is -0.380 e. The standard InChI is InChI=1S/C12H24N2O/c1-14(10-12(9-13)4-5-12)6-7-15-8-11-2-3-11/h11H,2-10,13H2,1H3. The summed E-state index contributed by atoms with van der Waals surface area (Å²) in [6, 6.07) is 0. The molecule has 0 unspecified atom stereocenters. The van der Waals surface area contributed by atoms with Gasteiger partial charge < -0.3 is 15.4 Å². The maximum Gasteiger partial charge on any atom is 0.0593 e. The van der Waals surface area contributed by atoms with Gasteiger partial charge in [0.2, 0.25) is 0 Å². The Morgan fingerprint density at radius 2 is 2.13 bits per heavy atom. The number of rotatable bonds is 8. The van der Waals surface area contributed by atoms with Crippen LogP contribution in [0.15, 0.2) is 0 Å². The Kier molecular flexibility index (Phi) is 3.65. The summed E-state index contributed by atoms with van der Waals surface area (Å²) in [5, 5.41) is 0. The predicted octanol–water partition coefficient (Wildman–Crippen LogP) is 1.08. The van der Waals surface area contributed by atoms with Crippen molar-refractivity contribution in [3.63, 3.8) is 0 Å². The SMILES string of the molecule is CN(CCOCC1CC1)CC1(CN)CC1. The first-order valence-corrected chi connectivity index (χ1v) is 6.20. The van der Waals surface area contributed by atoms with Crippen LogP contribution in [0.25, 0.3) is 0 Å². The molecule has 0 saturated heterocycles. The molecular weight excluding hydrogens is 188 g/mol. The first-order valence-electron chi connectivity index (χ1n) is 6.20. The molecule has 0 heterocycles. The molecule has 0 aromatic carbocycles. The Morgan fingerprint density at radius 1 is 1.40 bits per heavy atom. The topological polar surface area (TPSA) is 38.5 Å². The van der Waals surface area contributed by atoms with Crippen molar-refractivity contribution in [2.45, 2.75) is 25.7 Å². The van der Waals surface area contributed by atoms with E-state index in [4.69, 9.17) is 10.5 Å². The molecule has 2 rings (SSSR count). The molecule has 2 N–H and O–H groups in total. The van der Waals surface area contributed by atoms with Gasteiger partial charge in [-0.25, -0.2) is 0 Å². The molecule has 3 nitrogen and oxygen atoms in total. The van der Waals surface area contributed by atoms with Crippen molar-refractivity contribution in [3.05, 3.63) is 0 Å². The molecule has 0 aromatic rings. The Labute approximate surface area is 93.0 Å². The average Bonchev–Trinajstić information content (AvgIpc) is 3.09. The van der Waals surface area contributed by atoms with Gasteiger partial charge in [-0.2, -0.15) is 0 Å². The van der Waals surface area contributed by atoms with Gasteiger partial charge in [-0.15, -0.1) is 0 Å². The summed E-state index contributed by atoms with van der Waals surface area (Å²) in [6.45, 7) is 4.91. The van der Waals surface area contributed by atoms with E-state index < -0.39 is 0 Å². The van der Waals surface area contributed by atoms with Gasteiger partial charge in [0, 0.05) is 19.7 Å². The quantitative estimate of drug-likeness (QED) is 0.612. The molecule has 2 aliphatic carbocycles. The second-order valence-electron chi connectivity index (χ2n) is 5.46. The lowest BCUT2D eigenvalue weighted by Gasteiger charge is -2.22. The van der Waals surface area contributed by atoms with Crippen LogP contribution in [0.2, 0.25) is 0 Å². The Morgan fingerprint density at radius 3 is 2.67 bits per heavy atom. The second kappa shape index (κ2) is 4.81. The Hall–Kier alpha value is -0.120. The predicted molar refractivity (Wildman–Crippen MR) is 61.8 cm³/mol. The lowest BCUT2D eigenvalue weighted by atomic mass is 10.1. The van der Waals surface area contributed by atoms with E-state index in [1.54, 1.807) is 0 Å². The summed E-state index contributed by atoms with van der Waals surface area (Å²) in [5.41, 5.74) is 6.23. The van der Waals surface area contributed by atoms with Gasteiger partial charge in [0.1, 0.15) is 0 Å². The Balaban J connectivity index is 1.50. The molecule has 0 atom stereocenters. The van der Waals surface area contributed by atoms with Crippen LogP contribution in [0.5, 0.6) is 0 Å². The summed E-state index contributed by atoms with van der Waals surface area (Å²) in [6.07, 6.45) is 5.39. The molecule has 2 aliphatic rings. The highest BCUT2D eigenvalue weighted by Crippen LogP contribution is 2.44. The third-order valence-electron chi connectivity index (χ3n) is 3.66. The first-order chi connectivity index (χ1) is 7.24. The largest absolute Gasteiger partial charge is 0.380 e. The van der Waals surface area contributed by atoms with Crippen molar-refractivity contribution >= 4 is 0 Å². The number of hydrogen-bond acceptors (Lipinski definition) is 3. The zero-order valence-electron chi connectivity index (χ0n) is 9.87. The van der Waals surface area contributed by atoms with Crippen LogP contribution in [0.1, 0.15) is 25.7 Å². The minimum absolute atomic E-state index is 0.464. The van der Waals surface area contributed by atoms with E-state index in [1.165, 1.54) is 25.7 Å². The first kappa shape index (κ1) is 11.4. The molecule has 2 saturated carbocycles. The zero-order chi connectivity index (χ0) is 10.7. The van der Waals surface area contributed by atoms with E-state index in [-0.39, 0.29) is 0 Å². The second-order valence-corrected chi connectivity index (χ2v) is 5.46. The van der Waals surface area contributed by atoms with Crippen molar-refractivity contribution < 1.29 is 4.74 Å². The van der Waals surface area contributed by atoms with Crippen LogP contribution in [-0.2, 0) is 4.74 Å². The lowest BCUT2D eigenvalue weighted by Crippen LogP contribution is -2.33. The fourth-order valence-corrected chi connectivity index (χ4v) is 2.01. The number of nitrogens with two attached hydrogens (primary N) is 1. The van der Waals surface area contributed by atoms with Gasteiger partial charge in [-0.3, -0.25) is 0 Å². The van der Waals surface area contributed by atoms with E-state index in [9.17, 15) is 0 Å². The normalized spacial score (nSPS) is 23.4. The van der Waals surface area contributed by atoms with Crippen LogP contribution in [0, 0.1) is 11.3 Å². The van der Waals surface area contributed by atoms with Crippen molar-refractivity contribution in [2.24, 2.45) is 17.1 Å². The highest BCUT2D eigenvalue weighted by molar-refractivity contribution is 4.95. The van der Waals surface area contributed by atoms with Crippen molar-refractivity contribution in [3.8, 4) is 0 Å². The van der Waals surface area contributed by atoms with Crippen LogP contribution >= 0.6 is 0 Å². The van der Waals surface area contributed by atoms with Crippen LogP contribution < -0.4 is 5.73 Å². The lowest BCUT2D eigenvalue weighted by molar-refractivity contribution is 0.0981. The maximum absolute atomic E-state index is 5.76. The van der Waals surface area contributed by atoms with E-state index in [0.717, 1.165) is 38.8 Å². The zero-order valence-corrected chi connectivity index (χ0v) is 9.87. The van der Waals surface area contributed by atoms with Gasteiger partial charge in [-0.05, 0) is 50.6 Å². The molecule has 0 aliphatic heterocycles. The van der Waals surface area contributed by atoms with Gasteiger partial charge >= 0.3 is 0 Å². The van der Waals surface area contributed by atoms with E-state index in [1.807, 2.05) is 0 Å². The highest BCUT2D eigenvalue weighted by atomic mass is 16.5. The summed E-state index contributed by atoms with van der Waals surface area (Å²) >= 11 is 0. The van der Waals surface area contributed by atoms with Crippen LogP contribution in [-0.4, -0.2) is 44.8 Å².